The first-order valence-electron chi connectivity index (χ1n) is 14.3. The summed E-state index contributed by atoms with van der Waals surface area (Å²) in [6.07, 6.45) is 17.7. The van der Waals surface area contributed by atoms with Crippen molar-refractivity contribution in [3.05, 3.63) is 64.7 Å². The molecular formula is C31H44ClN3O2S. The Labute approximate surface area is 238 Å². The Morgan fingerprint density at radius 3 is 2.18 bits per heavy atom. The molecule has 208 valence electrons. The molecule has 3 rings (SSSR count). The normalized spacial score (nSPS) is 12.6. The third-order valence-corrected chi connectivity index (χ3v) is 7.76. The van der Waals surface area contributed by atoms with E-state index in [1.807, 2.05) is 36.4 Å². The molecule has 0 fully saturated rings. The van der Waals surface area contributed by atoms with Crippen molar-refractivity contribution in [3.63, 3.8) is 0 Å². The zero-order valence-electron chi connectivity index (χ0n) is 22.9. The van der Waals surface area contributed by atoms with Gasteiger partial charge < -0.3 is 20.3 Å². The van der Waals surface area contributed by atoms with Gasteiger partial charge in [-0.1, -0.05) is 107 Å². The highest BCUT2D eigenvalue weighted by molar-refractivity contribution is 8.02. The van der Waals surface area contributed by atoms with E-state index in [1.54, 1.807) is 17.8 Å². The Morgan fingerprint density at radius 2 is 1.55 bits per heavy atom. The maximum Gasteiger partial charge on any atom is 0.323 e. The van der Waals surface area contributed by atoms with Crippen LogP contribution in [0.3, 0.4) is 0 Å². The Bertz CT molecular complexity index is 984. The molecule has 0 radical (unpaired) electrons. The van der Waals surface area contributed by atoms with E-state index in [0.717, 1.165) is 31.0 Å². The smallest absolute Gasteiger partial charge is 0.323 e. The van der Waals surface area contributed by atoms with Gasteiger partial charge in [0, 0.05) is 18.4 Å². The van der Waals surface area contributed by atoms with Crippen LogP contribution in [0.25, 0.3) is 0 Å². The van der Waals surface area contributed by atoms with Crippen molar-refractivity contribution >= 4 is 40.8 Å². The number of carbonyl (C=O) groups is 1. The second kappa shape index (κ2) is 18.1. The van der Waals surface area contributed by atoms with E-state index < -0.39 is 0 Å². The quantitative estimate of drug-likeness (QED) is 0.179. The summed E-state index contributed by atoms with van der Waals surface area (Å²) in [6.45, 7) is 3.71. The van der Waals surface area contributed by atoms with Crippen LogP contribution in [0.1, 0.15) is 89.5 Å². The summed E-state index contributed by atoms with van der Waals surface area (Å²) >= 11 is 8.19. The first-order valence-corrected chi connectivity index (χ1v) is 15.7. The van der Waals surface area contributed by atoms with Crippen LogP contribution in [-0.2, 0) is 6.54 Å². The minimum absolute atomic E-state index is 0.325. The molecular weight excluding hydrogens is 514 g/mol. The van der Waals surface area contributed by atoms with E-state index in [4.69, 9.17) is 16.3 Å². The van der Waals surface area contributed by atoms with Crippen LogP contribution in [-0.4, -0.2) is 23.4 Å². The minimum Gasteiger partial charge on any atom is -0.490 e. The number of hydrogen-bond acceptors (Lipinski definition) is 4. The molecule has 5 nitrogen and oxygen atoms in total. The summed E-state index contributed by atoms with van der Waals surface area (Å²) in [5, 5.41) is 8.39. The lowest BCUT2D eigenvalue weighted by Gasteiger charge is -2.16. The van der Waals surface area contributed by atoms with Crippen LogP contribution in [0.2, 0.25) is 5.02 Å². The molecule has 2 amide bonds. The third-order valence-electron chi connectivity index (χ3n) is 6.67. The van der Waals surface area contributed by atoms with Crippen LogP contribution in [0.15, 0.2) is 54.1 Å². The largest absolute Gasteiger partial charge is 0.490 e. The first-order chi connectivity index (χ1) is 18.7. The Kier molecular flexibility index (Phi) is 14.4. The van der Waals surface area contributed by atoms with Gasteiger partial charge in [0.2, 0.25) is 0 Å². The third kappa shape index (κ3) is 11.6. The molecule has 2 N–H and O–H groups in total. The lowest BCUT2D eigenvalue weighted by Crippen LogP contribution is -2.20. The predicted octanol–water partition coefficient (Wildman–Crippen LogP) is 10.0. The average molecular weight is 558 g/mol. The number of amides is 2. The van der Waals surface area contributed by atoms with E-state index in [-0.39, 0.29) is 6.03 Å². The summed E-state index contributed by atoms with van der Waals surface area (Å²) in [7, 11) is 0. The van der Waals surface area contributed by atoms with Gasteiger partial charge in [-0.05, 0) is 41.7 Å². The van der Waals surface area contributed by atoms with Gasteiger partial charge in [-0.25, -0.2) is 4.79 Å². The van der Waals surface area contributed by atoms with Crippen LogP contribution >= 0.6 is 23.4 Å². The van der Waals surface area contributed by atoms with Gasteiger partial charge in [0.25, 0.3) is 0 Å². The number of benzene rings is 2. The molecule has 0 spiro atoms. The fourth-order valence-electron chi connectivity index (χ4n) is 4.49. The fraction of sp³-hybridized carbons (Fsp3) is 0.516. The lowest BCUT2D eigenvalue weighted by molar-refractivity contribution is 0.261. The topological polar surface area (TPSA) is 53.6 Å². The molecule has 2 aromatic carbocycles. The molecule has 0 atom stereocenters. The Balaban J connectivity index is 1.33. The van der Waals surface area contributed by atoms with E-state index in [2.05, 4.69) is 34.1 Å². The molecule has 7 heteroatoms. The van der Waals surface area contributed by atoms with Crippen molar-refractivity contribution in [3.8, 4) is 5.75 Å². The van der Waals surface area contributed by atoms with Gasteiger partial charge in [0.05, 0.1) is 23.2 Å². The van der Waals surface area contributed by atoms with Gasteiger partial charge in [-0.15, -0.1) is 11.8 Å². The molecule has 1 aliphatic heterocycles. The number of anilines is 2. The number of para-hydroxylation sites is 1. The van der Waals surface area contributed by atoms with Gasteiger partial charge in [0.1, 0.15) is 0 Å². The number of rotatable bonds is 18. The molecule has 1 heterocycles. The van der Waals surface area contributed by atoms with Crippen molar-refractivity contribution in [2.75, 3.05) is 23.1 Å². The Hall–Kier alpha value is -2.31. The van der Waals surface area contributed by atoms with Crippen LogP contribution in [0.5, 0.6) is 5.75 Å². The highest BCUT2D eigenvalue weighted by atomic mass is 35.5. The highest BCUT2D eigenvalue weighted by Crippen LogP contribution is 2.33. The van der Waals surface area contributed by atoms with E-state index in [1.165, 1.54) is 69.8 Å². The second-order valence-electron chi connectivity index (χ2n) is 9.96. The SMILES string of the molecule is CCCCCCCCCCCCCCOc1c(Cl)cccc1NC(=O)Nc1ccc(CN2C=CSC2)cc1. The van der Waals surface area contributed by atoms with Crippen molar-refractivity contribution in [1.29, 1.82) is 0 Å². The van der Waals surface area contributed by atoms with E-state index in [9.17, 15) is 4.79 Å². The minimum atomic E-state index is -0.325. The number of nitrogens with zero attached hydrogens (tertiary/aromatic N) is 1. The molecule has 38 heavy (non-hydrogen) atoms. The number of hydrogen-bond donors (Lipinski definition) is 2. The molecule has 2 aromatic rings. The van der Waals surface area contributed by atoms with Crippen LogP contribution in [0.4, 0.5) is 16.2 Å². The summed E-state index contributed by atoms with van der Waals surface area (Å²) in [5.41, 5.74) is 2.51. The zero-order chi connectivity index (χ0) is 26.8. The molecule has 0 aliphatic carbocycles. The predicted molar refractivity (Wildman–Crippen MR) is 164 cm³/mol. The number of carbonyl (C=O) groups excluding carboxylic acids is 1. The van der Waals surface area contributed by atoms with Crippen molar-refractivity contribution in [2.45, 2.75) is 90.5 Å². The maximum atomic E-state index is 12.7. The molecule has 0 aromatic heterocycles. The van der Waals surface area contributed by atoms with Crippen molar-refractivity contribution in [2.24, 2.45) is 0 Å². The highest BCUT2D eigenvalue weighted by Gasteiger charge is 2.12. The summed E-state index contributed by atoms with van der Waals surface area (Å²) in [5.74, 6) is 1.51. The number of thioether (sulfide) groups is 1. The zero-order valence-corrected chi connectivity index (χ0v) is 24.4. The van der Waals surface area contributed by atoms with Gasteiger partial charge >= 0.3 is 6.03 Å². The van der Waals surface area contributed by atoms with Crippen LogP contribution < -0.4 is 15.4 Å². The Morgan fingerprint density at radius 1 is 0.895 bits per heavy atom. The maximum absolute atomic E-state index is 12.7. The number of unbranched alkanes of at least 4 members (excludes halogenated alkanes) is 11. The molecule has 0 saturated carbocycles. The number of halogens is 1. The van der Waals surface area contributed by atoms with E-state index >= 15 is 0 Å². The molecule has 0 unspecified atom stereocenters. The van der Waals surface area contributed by atoms with Crippen molar-refractivity contribution in [1.82, 2.24) is 4.90 Å². The van der Waals surface area contributed by atoms with Gasteiger partial charge in [-0.2, -0.15) is 0 Å². The summed E-state index contributed by atoms with van der Waals surface area (Å²) in [4.78, 5) is 14.9. The number of nitrogens with one attached hydrogen (secondary N) is 2. The standard InChI is InChI=1S/C31H44ClN3O2S/c1-2-3-4-5-6-7-8-9-10-11-12-13-22-37-30-28(32)15-14-16-29(30)34-31(36)33-27-19-17-26(18-20-27)24-35-21-23-38-25-35/h14-21,23H,2-13,22,24-25H2,1H3,(H2,33,34,36). The van der Waals surface area contributed by atoms with Crippen LogP contribution in [0, 0.1) is 0 Å². The summed E-state index contributed by atoms with van der Waals surface area (Å²) in [6, 6.07) is 13.0. The first kappa shape index (κ1) is 30.2. The number of ether oxygens (including phenoxy) is 1. The monoisotopic (exact) mass is 557 g/mol. The van der Waals surface area contributed by atoms with Gasteiger partial charge in [0.15, 0.2) is 5.75 Å². The molecule has 1 aliphatic rings. The lowest BCUT2D eigenvalue weighted by atomic mass is 10.1. The van der Waals surface area contributed by atoms with Gasteiger partial charge in [-0.3, -0.25) is 0 Å². The number of urea groups is 1. The van der Waals surface area contributed by atoms with Crippen molar-refractivity contribution < 1.29 is 9.53 Å². The average Bonchev–Trinajstić information content (AvgIpc) is 3.42. The molecule has 0 bridgehead atoms. The fourth-order valence-corrected chi connectivity index (χ4v) is 5.44. The van der Waals surface area contributed by atoms with E-state index in [0.29, 0.717) is 23.1 Å². The second-order valence-corrected chi connectivity index (χ2v) is 11.2. The summed E-state index contributed by atoms with van der Waals surface area (Å²) < 4.78 is 6.00. The molecule has 0 saturated heterocycles.